The van der Waals surface area contributed by atoms with Crippen molar-refractivity contribution in [1.29, 1.82) is 0 Å². The van der Waals surface area contributed by atoms with E-state index in [0.717, 1.165) is 25.3 Å². The van der Waals surface area contributed by atoms with Crippen LogP contribution >= 0.6 is 0 Å². The number of para-hydroxylation sites is 1. The molecule has 2 aromatic carbocycles. The number of nitrogens with zero attached hydrogens (tertiary/aromatic N) is 1. The lowest BCUT2D eigenvalue weighted by molar-refractivity contribution is -0.0566. The number of nitrogens with one attached hydrogen (secondary N) is 2. The Morgan fingerprint density at radius 3 is 2.62 bits per heavy atom. The van der Waals surface area contributed by atoms with Crippen LogP contribution in [0.4, 0.5) is 10.5 Å². The molecule has 4 rings (SSSR count). The molecule has 0 bridgehead atoms. The van der Waals surface area contributed by atoms with E-state index in [0.29, 0.717) is 30.5 Å². The number of fused-ring (bicyclic) bond motifs is 1. The fourth-order valence-electron chi connectivity index (χ4n) is 3.95. The van der Waals surface area contributed by atoms with Gasteiger partial charge in [-0.05, 0) is 49.2 Å². The molecule has 2 aliphatic heterocycles. The van der Waals surface area contributed by atoms with Gasteiger partial charge in [-0.2, -0.15) is 0 Å². The van der Waals surface area contributed by atoms with Crippen LogP contribution in [-0.2, 0) is 4.74 Å². The van der Waals surface area contributed by atoms with E-state index in [1.54, 1.807) is 0 Å². The number of carbonyl (C=O) groups excluding carboxylic acids is 1. The first kappa shape index (κ1) is 19.7. The zero-order chi connectivity index (χ0) is 20.1. The number of aliphatic hydroxyl groups is 1. The van der Waals surface area contributed by atoms with Gasteiger partial charge < -0.3 is 25.2 Å². The minimum absolute atomic E-state index is 0.0837. The Kier molecular flexibility index (Phi) is 6.29. The van der Waals surface area contributed by atoms with Crippen molar-refractivity contribution in [1.82, 2.24) is 10.2 Å². The number of morpholine rings is 1. The van der Waals surface area contributed by atoms with Crippen LogP contribution in [0.5, 0.6) is 11.5 Å². The summed E-state index contributed by atoms with van der Waals surface area (Å²) in [5.74, 6) is 1.49. The summed E-state index contributed by atoms with van der Waals surface area (Å²) >= 11 is 0. The molecular formula is C22H27N3O4. The van der Waals surface area contributed by atoms with E-state index in [1.807, 2.05) is 54.6 Å². The fourth-order valence-corrected chi connectivity index (χ4v) is 3.95. The zero-order valence-corrected chi connectivity index (χ0v) is 16.3. The van der Waals surface area contributed by atoms with Crippen LogP contribution in [0.25, 0.3) is 0 Å². The molecule has 0 spiro atoms. The lowest BCUT2D eigenvalue weighted by Gasteiger charge is -2.34. The summed E-state index contributed by atoms with van der Waals surface area (Å²) < 4.78 is 11.6. The molecule has 7 nitrogen and oxygen atoms in total. The van der Waals surface area contributed by atoms with Crippen LogP contribution in [0.2, 0.25) is 0 Å². The van der Waals surface area contributed by atoms with Gasteiger partial charge in [0.25, 0.3) is 0 Å². The average molecular weight is 397 g/mol. The van der Waals surface area contributed by atoms with Crippen molar-refractivity contribution in [3.63, 3.8) is 0 Å². The van der Waals surface area contributed by atoms with E-state index in [-0.39, 0.29) is 24.8 Å². The highest BCUT2D eigenvalue weighted by atomic mass is 16.5. The first-order chi connectivity index (χ1) is 14.2. The standard InChI is InChI=1S/C22H27N3O4/c26-11-10-21-14-25-13-17(12-18(25)15-28-21)24-22(27)23-16-6-8-20(9-7-16)29-19-4-2-1-3-5-19/h1-9,17-18,21,26H,10-15H2,(H2,23,24,27)/t17-,18-,21-/m0/s1. The molecule has 2 heterocycles. The molecule has 29 heavy (non-hydrogen) atoms. The summed E-state index contributed by atoms with van der Waals surface area (Å²) in [6.07, 6.45) is 1.62. The van der Waals surface area contributed by atoms with Crippen molar-refractivity contribution < 1.29 is 19.4 Å². The fraction of sp³-hybridized carbons (Fsp3) is 0.409. The smallest absolute Gasteiger partial charge is 0.319 e. The predicted molar refractivity (Wildman–Crippen MR) is 110 cm³/mol. The van der Waals surface area contributed by atoms with Gasteiger partial charge in [0.05, 0.1) is 12.7 Å². The molecule has 3 atom stereocenters. The van der Waals surface area contributed by atoms with Crippen LogP contribution < -0.4 is 15.4 Å². The molecule has 0 aromatic heterocycles. The van der Waals surface area contributed by atoms with Gasteiger partial charge in [-0.1, -0.05) is 18.2 Å². The van der Waals surface area contributed by atoms with Gasteiger partial charge in [0.15, 0.2) is 0 Å². The molecule has 7 heteroatoms. The van der Waals surface area contributed by atoms with Crippen LogP contribution in [0.15, 0.2) is 54.6 Å². The highest BCUT2D eigenvalue weighted by Crippen LogP contribution is 2.25. The van der Waals surface area contributed by atoms with E-state index in [1.165, 1.54) is 0 Å². The van der Waals surface area contributed by atoms with Gasteiger partial charge in [-0.25, -0.2) is 4.79 Å². The van der Waals surface area contributed by atoms with Crippen molar-refractivity contribution in [2.45, 2.75) is 31.0 Å². The molecule has 0 saturated carbocycles. The molecule has 2 aliphatic rings. The Morgan fingerprint density at radius 2 is 1.86 bits per heavy atom. The number of carbonyl (C=O) groups is 1. The summed E-state index contributed by atoms with van der Waals surface area (Å²) in [6, 6.07) is 17.1. The maximum atomic E-state index is 12.4. The molecule has 3 N–H and O–H groups in total. The van der Waals surface area contributed by atoms with Crippen LogP contribution in [0.3, 0.4) is 0 Å². The van der Waals surface area contributed by atoms with Crippen LogP contribution in [0, 0.1) is 0 Å². The molecule has 0 radical (unpaired) electrons. The van der Waals surface area contributed by atoms with Gasteiger partial charge in [0, 0.05) is 37.5 Å². The maximum absolute atomic E-state index is 12.4. The topological polar surface area (TPSA) is 83.1 Å². The lowest BCUT2D eigenvalue weighted by Crippen LogP contribution is -2.46. The second-order valence-electron chi connectivity index (χ2n) is 7.55. The number of urea groups is 1. The van der Waals surface area contributed by atoms with Crippen molar-refractivity contribution >= 4 is 11.7 Å². The molecule has 2 amide bonds. The van der Waals surface area contributed by atoms with Crippen molar-refractivity contribution in [3.8, 4) is 11.5 Å². The Hall–Kier alpha value is -2.61. The molecule has 2 fully saturated rings. The second kappa shape index (κ2) is 9.26. The Morgan fingerprint density at radius 1 is 1.10 bits per heavy atom. The summed E-state index contributed by atoms with van der Waals surface area (Å²) in [7, 11) is 0. The third kappa shape index (κ3) is 5.26. The number of rotatable bonds is 6. The third-order valence-corrected chi connectivity index (χ3v) is 5.37. The summed E-state index contributed by atoms with van der Waals surface area (Å²) in [6.45, 7) is 2.43. The monoisotopic (exact) mass is 397 g/mol. The molecule has 154 valence electrons. The van der Waals surface area contributed by atoms with Gasteiger partial charge in [0.2, 0.25) is 0 Å². The van der Waals surface area contributed by atoms with Gasteiger partial charge in [-0.3, -0.25) is 4.90 Å². The number of hydrogen-bond donors (Lipinski definition) is 3. The molecule has 0 aliphatic carbocycles. The zero-order valence-electron chi connectivity index (χ0n) is 16.3. The SMILES string of the molecule is O=C(Nc1ccc(Oc2ccccc2)cc1)N[C@H]1C[C@H]2CO[C@@H](CCO)CN2C1. The lowest BCUT2D eigenvalue weighted by atomic mass is 10.1. The molecule has 2 aromatic rings. The quantitative estimate of drug-likeness (QED) is 0.698. The third-order valence-electron chi connectivity index (χ3n) is 5.37. The average Bonchev–Trinajstić information content (AvgIpc) is 3.12. The Balaban J connectivity index is 1.25. The Bertz CT molecular complexity index is 799. The number of ether oxygens (including phenoxy) is 2. The number of hydrogen-bond acceptors (Lipinski definition) is 5. The number of anilines is 1. The van der Waals surface area contributed by atoms with Crippen molar-refractivity contribution in [3.05, 3.63) is 54.6 Å². The van der Waals surface area contributed by atoms with E-state index in [2.05, 4.69) is 15.5 Å². The highest BCUT2D eigenvalue weighted by molar-refractivity contribution is 5.89. The largest absolute Gasteiger partial charge is 0.457 e. The number of aliphatic hydroxyl groups excluding tert-OH is 1. The number of benzene rings is 2. The van der Waals surface area contributed by atoms with Crippen molar-refractivity contribution in [2.24, 2.45) is 0 Å². The first-order valence-corrected chi connectivity index (χ1v) is 10.1. The minimum atomic E-state index is -0.209. The van der Waals surface area contributed by atoms with E-state index >= 15 is 0 Å². The van der Waals surface area contributed by atoms with E-state index in [9.17, 15) is 4.79 Å². The van der Waals surface area contributed by atoms with Gasteiger partial charge in [-0.15, -0.1) is 0 Å². The van der Waals surface area contributed by atoms with Crippen molar-refractivity contribution in [2.75, 3.05) is 31.6 Å². The van der Waals surface area contributed by atoms with Crippen LogP contribution in [0.1, 0.15) is 12.8 Å². The molecular weight excluding hydrogens is 370 g/mol. The first-order valence-electron chi connectivity index (χ1n) is 10.1. The highest BCUT2D eigenvalue weighted by Gasteiger charge is 2.37. The Labute approximate surface area is 170 Å². The van der Waals surface area contributed by atoms with E-state index < -0.39 is 0 Å². The van der Waals surface area contributed by atoms with Crippen LogP contribution in [-0.4, -0.2) is 60.5 Å². The summed E-state index contributed by atoms with van der Waals surface area (Å²) in [5.41, 5.74) is 0.713. The second-order valence-corrected chi connectivity index (χ2v) is 7.55. The number of amides is 2. The normalized spacial score (nSPS) is 24.0. The molecule has 0 unspecified atom stereocenters. The summed E-state index contributed by atoms with van der Waals surface area (Å²) in [4.78, 5) is 14.7. The van der Waals surface area contributed by atoms with Gasteiger partial charge in [0.1, 0.15) is 11.5 Å². The predicted octanol–water partition coefficient (Wildman–Crippen LogP) is 2.82. The van der Waals surface area contributed by atoms with Gasteiger partial charge >= 0.3 is 6.03 Å². The summed E-state index contributed by atoms with van der Waals surface area (Å²) in [5, 5.41) is 15.0. The maximum Gasteiger partial charge on any atom is 0.319 e. The van der Waals surface area contributed by atoms with E-state index in [4.69, 9.17) is 14.6 Å². The molecule has 2 saturated heterocycles. The minimum Gasteiger partial charge on any atom is -0.457 e.